The third-order valence-electron chi connectivity index (χ3n) is 4.69. The first-order valence-corrected chi connectivity index (χ1v) is 8.84. The second-order valence-electron chi connectivity index (χ2n) is 6.96. The Morgan fingerprint density at radius 2 is 1.89 bits per heavy atom. The maximum atomic E-state index is 13.8. The van der Waals surface area contributed by atoms with Gasteiger partial charge in [0.25, 0.3) is 5.91 Å². The monoisotopic (exact) mass is 360 g/mol. The van der Waals surface area contributed by atoms with Gasteiger partial charge in [-0.25, -0.2) is 4.39 Å². The first kappa shape index (κ1) is 18.6. The van der Waals surface area contributed by atoms with E-state index in [1.165, 1.54) is 12.3 Å². The van der Waals surface area contributed by atoms with Gasteiger partial charge >= 0.3 is 0 Å². The molecule has 2 aromatic carbocycles. The van der Waals surface area contributed by atoms with Crippen molar-refractivity contribution >= 4 is 16.8 Å². The fourth-order valence-electron chi connectivity index (χ4n) is 2.60. The van der Waals surface area contributed by atoms with E-state index in [1.54, 1.807) is 18.2 Å². The maximum absolute atomic E-state index is 13.8. The van der Waals surface area contributed by atoms with Crippen molar-refractivity contribution in [1.82, 2.24) is 10.3 Å². The second kappa shape index (κ2) is 7.59. The molecule has 0 spiro atoms. The number of fused-ring (bicyclic) bond motifs is 1. The lowest BCUT2D eigenvalue weighted by Gasteiger charge is -2.29. The van der Waals surface area contributed by atoms with Crippen molar-refractivity contribution in [1.29, 1.82) is 0 Å². The van der Waals surface area contributed by atoms with Crippen molar-refractivity contribution in [2.75, 3.05) is 0 Å². The molecule has 0 saturated carbocycles. The maximum Gasteiger partial charge on any atom is 0.254 e. The van der Waals surface area contributed by atoms with E-state index in [9.17, 15) is 9.18 Å². The fourth-order valence-corrected chi connectivity index (χ4v) is 2.60. The number of hydrogen-bond donors (Lipinski definition) is 1. The number of pyridine rings is 1. The van der Waals surface area contributed by atoms with Crippen LogP contribution in [0.15, 0.2) is 60.8 Å². The van der Waals surface area contributed by atoms with Crippen molar-refractivity contribution in [2.24, 2.45) is 5.92 Å². The molecular formula is C23H21FN2O. The van der Waals surface area contributed by atoms with Gasteiger partial charge in [0, 0.05) is 17.1 Å². The molecule has 3 nitrogen and oxygen atoms in total. The minimum Gasteiger partial charge on any atom is -0.336 e. The smallest absolute Gasteiger partial charge is 0.254 e. The van der Waals surface area contributed by atoms with Gasteiger partial charge in [-0.1, -0.05) is 56.0 Å². The van der Waals surface area contributed by atoms with Crippen LogP contribution in [0.25, 0.3) is 10.9 Å². The highest BCUT2D eigenvalue weighted by Gasteiger charge is 2.28. The lowest BCUT2D eigenvalue weighted by molar-refractivity contribution is 0.0908. The van der Waals surface area contributed by atoms with Gasteiger partial charge < -0.3 is 5.32 Å². The molecule has 3 aromatic rings. The number of aromatic nitrogens is 1. The van der Waals surface area contributed by atoms with Crippen LogP contribution in [-0.4, -0.2) is 16.4 Å². The molecule has 1 atom stereocenters. The Hall–Kier alpha value is -3.19. The molecule has 4 heteroatoms. The van der Waals surface area contributed by atoms with Crippen LogP contribution >= 0.6 is 0 Å². The number of nitrogens with one attached hydrogen (secondary N) is 1. The van der Waals surface area contributed by atoms with Crippen LogP contribution in [0.3, 0.4) is 0 Å². The van der Waals surface area contributed by atoms with Gasteiger partial charge in [-0.15, -0.1) is 0 Å². The standard InChI is InChI=1S/C23H21FN2O/c1-16(2)23(3,13-12-17-8-5-4-6-9-17)26-22(27)19-14-18-10-7-11-20(24)21(18)25-15-19/h4-11,14-16H,1-3H3,(H,26,27)/t23-/m1/s1. The lowest BCUT2D eigenvalue weighted by atomic mass is 9.88. The number of carbonyl (C=O) groups excluding carboxylic acids is 1. The van der Waals surface area contributed by atoms with Crippen LogP contribution in [0.1, 0.15) is 36.7 Å². The highest BCUT2D eigenvalue weighted by molar-refractivity contribution is 5.98. The summed E-state index contributed by atoms with van der Waals surface area (Å²) >= 11 is 0. The Labute approximate surface area is 158 Å². The van der Waals surface area contributed by atoms with E-state index in [0.717, 1.165) is 5.56 Å². The number of benzene rings is 2. The molecule has 27 heavy (non-hydrogen) atoms. The number of halogens is 1. The molecule has 1 amide bonds. The van der Waals surface area contributed by atoms with Gasteiger partial charge in [0.05, 0.1) is 5.56 Å². The number of para-hydroxylation sites is 1. The SMILES string of the molecule is CC(C)[C@@](C)(C#Cc1ccccc1)NC(=O)c1cnc2c(F)cccc2c1. The zero-order valence-corrected chi connectivity index (χ0v) is 15.6. The van der Waals surface area contributed by atoms with Gasteiger partial charge in [-0.2, -0.15) is 0 Å². The van der Waals surface area contributed by atoms with Gasteiger partial charge in [-0.05, 0) is 37.1 Å². The fraction of sp³-hybridized carbons (Fsp3) is 0.217. The zero-order chi connectivity index (χ0) is 19.4. The topological polar surface area (TPSA) is 42.0 Å². The van der Waals surface area contributed by atoms with E-state index < -0.39 is 11.4 Å². The molecule has 0 radical (unpaired) electrons. The van der Waals surface area contributed by atoms with Gasteiger partial charge in [0.15, 0.2) is 0 Å². The number of rotatable bonds is 3. The molecule has 1 N–H and O–H groups in total. The minimum absolute atomic E-state index is 0.0866. The third-order valence-corrected chi connectivity index (χ3v) is 4.69. The van der Waals surface area contributed by atoms with Crippen molar-refractivity contribution in [2.45, 2.75) is 26.3 Å². The molecule has 0 unspecified atom stereocenters. The van der Waals surface area contributed by atoms with Crippen LogP contribution < -0.4 is 5.32 Å². The van der Waals surface area contributed by atoms with Crippen molar-refractivity contribution < 1.29 is 9.18 Å². The van der Waals surface area contributed by atoms with E-state index in [0.29, 0.717) is 10.9 Å². The predicted octanol–water partition coefficient (Wildman–Crippen LogP) is 4.57. The minimum atomic E-state index is -0.718. The Morgan fingerprint density at radius 3 is 2.59 bits per heavy atom. The molecule has 0 aliphatic carbocycles. The van der Waals surface area contributed by atoms with Crippen LogP contribution in [0, 0.1) is 23.6 Å². The van der Waals surface area contributed by atoms with E-state index in [2.05, 4.69) is 22.1 Å². The summed E-state index contributed by atoms with van der Waals surface area (Å²) in [5.41, 5.74) is 0.802. The van der Waals surface area contributed by atoms with Crippen molar-refractivity contribution in [3.63, 3.8) is 0 Å². The predicted molar refractivity (Wildman–Crippen MR) is 106 cm³/mol. The molecule has 1 heterocycles. The molecule has 0 bridgehead atoms. The van der Waals surface area contributed by atoms with Crippen LogP contribution in [0.4, 0.5) is 4.39 Å². The summed E-state index contributed by atoms with van der Waals surface area (Å²) in [5.74, 6) is 5.73. The van der Waals surface area contributed by atoms with Gasteiger partial charge in [0.2, 0.25) is 0 Å². The highest BCUT2D eigenvalue weighted by Crippen LogP contribution is 2.19. The van der Waals surface area contributed by atoms with Crippen molar-refractivity contribution in [3.05, 3.63) is 77.7 Å². The number of carbonyl (C=O) groups is 1. The molecule has 0 saturated heterocycles. The van der Waals surface area contributed by atoms with Gasteiger partial charge in [0.1, 0.15) is 16.9 Å². The van der Waals surface area contributed by atoms with Crippen LogP contribution in [0.5, 0.6) is 0 Å². The summed E-state index contributed by atoms with van der Waals surface area (Å²) in [6, 6.07) is 16.0. The first-order valence-electron chi connectivity index (χ1n) is 8.84. The first-order chi connectivity index (χ1) is 12.9. The average molecular weight is 360 g/mol. The van der Waals surface area contributed by atoms with Gasteiger partial charge in [-0.3, -0.25) is 9.78 Å². The van der Waals surface area contributed by atoms with E-state index in [-0.39, 0.29) is 17.3 Å². The largest absolute Gasteiger partial charge is 0.336 e. The molecule has 0 aliphatic heterocycles. The van der Waals surface area contributed by atoms with E-state index in [1.807, 2.05) is 51.1 Å². The normalized spacial score (nSPS) is 12.9. The quantitative estimate of drug-likeness (QED) is 0.695. The summed E-state index contributed by atoms with van der Waals surface area (Å²) in [7, 11) is 0. The summed E-state index contributed by atoms with van der Waals surface area (Å²) < 4.78 is 13.8. The van der Waals surface area contributed by atoms with Crippen LogP contribution in [0.2, 0.25) is 0 Å². The Kier molecular flexibility index (Phi) is 5.23. The van der Waals surface area contributed by atoms with E-state index in [4.69, 9.17) is 0 Å². The molecule has 1 aromatic heterocycles. The average Bonchev–Trinajstić information content (AvgIpc) is 2.67. The molecule has 0 aliphatic rings. The summed E-state index contributed by atoms with van der Waals surface area (Å²) in [6.45, 7) is 5.92. The number of nitrogens with zero attached hydrogens (tertiary/aromatic N) is 1. The zero-order valence-electron chi connectivity index (χ0n) is 15.6. The summed E-state index contributed by atoms with van der Waals surface area (Å²) in [6.07, 6.45) is 1.39. The molecule has 0 fully saturated rings. The second-order valence-corrected chi connectivity index (χ2v) is 6.96. The lowest BCUT2D eigenvalue weighted by Crippen LogP contribution is -2.49. The third kappa shape index (κ3) is 4.15. The molecule has 3 rings (SSSR count). The Morgan fingerprint density at radius 1 is 1.15 bits per heavy atom. The molecular weight excluding hydrogens is 339 g/mol. The summed E-state index contributed by atoms with van der Waals surface area (Å²) in [5, 5.41) is 3.60. The Bertz CT molecular complexity index is 1030. The number of amides is 1. The van der Waals surface area contributed by atoms with E-state index >= 15 is 0 Å². The number of hydrogen-bond acceptors (Lipinski definition) is 2. The summed E-state index contributed by atoms with van der Waals surface area (Å²) in [4.78, 5) is 16.9. The van der Waals surface area contributed by atoms with Crippen molar-refractivity contribution in [3.8, 4) is 11.8 Å². The molecule has 136 valence electrons. The Balaban J connectivity index is 1.88. The van der Waals surface area contributed by atoms with Crippen LogP contribution in [-0.2, 0) is 0 Å². The highest BCUT2D eigenvalue weighted by atomic mass is 19.1.